The summed E-state index contributed by atoms with van der Waals surface area (Å²) in [6, 6.07) is 79.9. The molecule has 62 heavy (non-hydrogen) atoms. The SMILES string of the molecule is OC1(c2ccc3ccccc3c2)c2ccccc2C(O)(c2ccc3ccccc3c2)c2cc(-c3ccc(-c4c5ccccc5c(-c5ccccc5)c5ccccc45)cc3)ccc21. The predicted molar refractivity (Wildman–Crippen MR) is 256 cm³/mol. The van der Waals surface area contributed by atoms with E-state index < -0.39 is 11.2 Å². The summed E-state index contributed by atoms with van der Waals surface area (Å²) >= 11 is 0. The lowest BCUT2D eigenvalue weighted by Gasteiger charge is -2.45. The third-order valence-electron chi connectivity index (χ3n) is 13.3. The van der Waals surface area contributed by atoms with Gasteiger partial charge in [-0.05, 0) is 128 Å². The van der Waals surface area contributed by atoms with E-state index in [1.54, 1.807) is 0 Å². The maximum Gasteiger partial charge on any atom is 0.141 e. The lowest BCUT2D eigenvalue weighted by Crippen LogP contribution is -2.44. The molecule has 0 fully saturated rings. The summed E-state index contributed by atoms with van der Waals surface area (Å²) in [7, 11) is 0. The maximum absolute atomic E-state index is 13.6. The van der Waals surface area contributed by atoms with Gasteiger partial charge < -0.3 is 10.2 Å². The van der Waals surface area contributed by atoms with Crippen LogP contribution in [0, 0.1) is 0 Å². The summed E-state index contributed by atoms with van der Waals surface area (Å²) in [5, 5.41) is 36.2. The molecule has 0 radical (unpaired) electrons. The Kier molecular flexibility index (Phi) is 8.17. The number of fused-ring (bicyclic) bond motifs is 6. The zero-order valence-corrected chi connectivity index (χ0v) is 33.8. The van der Waals surface area contributed by atoms with Gasteiger partial charge in [0.25, 0.3) is 0 Å². The fraction of sp³-hybridized carbons (Fsp3) is 0.0333. The highest BCUT2D eigenvalue weighted by Gasteiger charge is 2.51. The van der Waals surface area contributed by atoms with E-state index in [0.717, 1.165) is 49.4 Å². The topological polar surface area (TPSA) is 40.5 Å². The highest BCUT2D eigenvalue weighted by Crippen LogP contribution is 2.54. The molecule has 2 nitrogen and oxygen atoms in total. The number of benzene rings is 11. The third-order valence-corrected chi connectivity index (χ3v) is 13.3. The normalized spacial score (nSPS) is 17.0. The first kappa shape index (κ1) is 36.2. The number of aliphatic hydroxyl groups is 2. The van der Waals surface area contributed by atoms with Crippen LogP contribution in [0.3, 0.4) is 0 Å². The van der Waals surface area contributed by atoms with Gasteiger partial charge in [0, 0.05) is 0 Å². The number of hydrogen-bond acceptors (Lipinski definition) is 2. The molecule has 0 saturated heterocycles. The van der Waals surface area contributed by atoms with Crippen LogP contribution in [0.4, 0.5) is 0 Å². The van der Waals surface area contributed by atoms with Gasteiger partial charge in [-0.2, -0.15) is 0 Å². The Morgan fingerprint density at radius 2 is 0.613 bits per heavy atom. The monoisotopic (exact) mass is 792 g/mol. The van der Waals surface area contributed by atoms with Gasteiger partial charge in [0.1, 0.15) is 11.2 Å². The molecule has 0 spiro atoms. The smallest absolute Gasteiger partial charge is 0.141 e. The minimum atomic E-state index is -1.58. The molecular formula is C60H40O2. The second-order valence-electron chi connectivity index (χ2n) is 16.6. The molecule has 2 unspecified atom stereocenters. The van der Waals surface area contributed by atoms with Crippen molar-refractivity contribution in [2.45, 2.75) is 11.2 Å². The number of rotatable bonds is 5. The van der Waals surface area contributed by atoms with Gasteiger partial charge in [0.05, 0.1) is 0 Å². The summed E-state index contributed by atoms with van der Waals surface area (Å²) in [5.41, 5.74) is 7.74. The van der Waals surface area contributed by atoms with Crippen molar-refractivity contribution < 1.29 is 10.2 Å². The second kappa shape index (κ2) is 14.0. The Balaban J connectivity index is 1.06. The van der Waals surface area contributed by atoms with E-state index in [1.165, 1.54) is 38.2 Å². The first-order chi connectivity index (χ1) is 30.5. The second-order valence-corrected chi connectivity index (χ2v) is 16.6. The minimum Gasteiger partial charge on any atom is -0.376 e. The zero-order chi connectivity index (χ0) is 41.4. The average Bonchev–Trinajstić information content (AvgIpc) is 3.34. The molecule has 11 aromatic carbocycles. The molecule has 2 heteroatoms. The average molecular weight is 793 g/mol. The van der Waals surface area contributed by atoms with E-state index in [2.05, 4.69) is 164 Å². The lowest BCUT2D eigenvalue weighted by atomic mass is 9.63. The van der Waals surface area contributed by atoms with Crippen molar-refractivity contribution in [1.29, 1.82) is 0 Å². The molecule has 0 aliphatic heterocycles. The summed E-state index contributed by atoms with van der Waals surface area (Å²) in [6.07, 6.45) is 0. The standard InChI is InChI=1S/C60H40O2/c61-59(47-33-30-39-14-4-6-18-44(39)36-47)53-24-12-13-25-54(53)60(62,48-34-31-40-15-5-7-19-45(40)37-48)56-38-46(32-35-55(56)59)41-26-28-43(29-27-41)58-51-22-10-8-20-49(51)57(42-16-2-1-3-17-42)50-21-9-11-23-52(50)58/h1-38,61-62H. The maximum atomic E-state index is 13.6. The molecule has 0 bridgehead atoms. The molecule has 12 rings (SSSR count). The van der Waals surface area contributed by atoms with Crippen molar-refractivity contribution in [2.24, 2.45) is 0 Å². The molecular weight excluding hydrogens is 753 g/mol. The number of hydrogen-bond donors (Lipinski definition) is 2. The summed E-state index contributed by atoms with van der Waals surface area (Å²) < 4.78 is 0. The van der Waals surface area contributed by atoms with Crippen molar-refractivity contribution in [3.05, 3.63) is 264 Å². The van der Waals surface area contributed by atoms with Gasteiger partial charge in [-0.15, -0.1) is 0 Å². The summed E-state index contributed by atoms with van der Waals surface area (Å²) in [5.74, 6) is 0. The van der Waals surface area contributed by atoms with Gasteiger partial charge in [-0.25, -0.2) is 0 Å². The van der Waals surface area contributed by atoms with Crippen LogP contribution in [-0.4, -0.2) is 10.2 Å². The van der Waals surface area contributed by atoms with Gasteiger partial charge in [0.2, 0.25) is 0 Å². The lowest BCUT2D eigenvalue weighted by molar-refractivity contribution is 0.0750. The van der Waals surface area contributed by atoms with Gasteiger partial charge >= 0.3 is 0 Å². The van der Waals surface area contributed by atoms with Crippen molar-refractivity contribution in [1.82, 2.24) is 0 Å². The van der Waals surface area contributed by atoms with E-state index in [4.69, 9.17) is 0 Å². The fourth-order valence-corrected chi connectivity index (χ4v) is 10.4. The molecule has 1 aliphatic carbocycles. The van der Waals surface area contributed by atoms with Crippen LogP contribution in [-0.2, 0) is 11.2 Å². The Morgan fingerprint density at radius 1 is 0.242 bits per heavy atom. The van der Waals surface area contributed by atoms with Crippen LogP contribution < -0.4 is 0 Å². The molecule has 11 aromatic rings. The molecule has 2 atom stereocenters. The first-order valence-electron chi connectivity index (χ1n) is 21.3. The van der Waals surface area contributed by atoms with Crippen LogP contribution >= 0.6 is 0 Å². The highest BCUT2D eigenvalue weighted by atomic mass is 16.3. The van der Waals surface area contributed by atoms with Crippen molar-refractivity contribution in [3.63, 3.8) is 0 Å². The molecule has 0 heterocycles. The largest absolute Gasteiger partial charge is 0.376 e. The van der Waals surface area contributed by atoms with Crippen LogP contribution in [0.5, 0.6) is 0 Å². The molecule has 2 N–H and O–H groups in total. The molecule has 0 saturated carbocycles. The summed E-state index contributed by atoms with van der Waals surface area (Å²) in [6.45, 7) is 0. The van der Waals surface area contributed by atoms with Crippen LogP contribution in [0.25, 0.3) is 76.5 Å². The van der Waals surface area contributed by atoms with E-state index in [0.29, 0.717) is 22.3 Å². The van der Waals surface area contributed by atoms with Crippen LogP contribution in [0.15, 0.2) is 231 Å². The first-order valence-corrected chi connectivity index (χ1v) is 21.3. The van der Waals surface area contributed by atoms with E-state index in [9.17, 15) is 10.2 Å². The van der Waals surface area contributed by atoms with Crippen molar-refractivity contribution >= 4 is 43.1 Å². The molecule has 1 aliphatic rings. The Hall–Kier alpha value is -7.62. The quantitative estimate of drug-likeness (QED) is 0.170. The third kappa shape index (κ3) is 5.38. The van der Waals surface area contributed by atoms with Gasteiger partial charge in [-0.1, -0.05) is 212 Å². The highest BCUT2D eigenvalue weighted by molar-refractivity contribution is 6.21. The Morgan fingerprint density at radius 3 is 1.13 bits per heavy atom. The van der Waals surface area contributed by atoms with Crippen LogP contribution in [0.1, 0.15) is 33.4 Å². The van der Waals surface area contributed by atoms with Crippen LogP contribution in [0.2, 0.25) is 0 Å². The predicted octanol–water partition coefficient (Wildman–Crippen LogP) is 14.2. The zero-order valence-electron chi connectivity index (χ0n) is 33.8. The fourth-order valence-electron chi connectivity index (χ4n) is 10.4. The molecule has 0 amide bonds. The molecule has 0 aromatic heterocycles. The van der Waals surface area contributed by atoms with Crippen molar-refractivity contribution in [3.8, 4) is 33.4 Å². The Labute approximate surface area is 360 Å². The van der Waals surface area contributed by atoms with E-state index in [-0.39, 0.29) is 0 Å². The van der Waals surface area contributed by atoms with Crippen molar-refractivity contribution in [2.75, 3.05) is 0 Å². The molecule has 292 valence electrons. The van der Waals surface area contributed by atoms with Gasteiger partial charge in [-0.3, -0.25) is 0 Å². The van der Waals surface area contributed by atoms with E-state index >= 15 is 0 Å². The minimum absolute atomic E-state index is 0.650. The summed E-state index contributed by atoms with van der Waals surface area (Å²) in [4.78, 5) is 0. The van der Waals surface area contributed by atoms with Gasteiger partial charge in [0.15, 0.2) is 0 Å². The Bertz CT molecular complexity index is 3490. The van der Waals surface area contributed by atoms with E-state index in [1.807, 2.05) is 66.7 Å².